The molecular formula is C28H36FN7O4. The van der Waals surface area contributed by atoms with Gasteiger partial charge in [0.25, 0.3) is 0 Å². The van der Waals surface area contributed by atoms with Crippen LogP contribution in [-0.2, 0) is 9.47 Å². The number of hydrogen-bond donors (Lipinski definition) is 0. The molecule has 4 heterocycles. The minimum Gasteiger partial charge on any atom is -0.467 e. The van der Waals surface area contributed by atoms with E-state index in [0.29, 0.717) is 35.8 Å². The van der Waals surface area contributed by atoms with Crippen LogP contribution in [0.3, 0.4) is 0 Å². The van der Waals surface area contributed by atoms with E-state index in [-0.39, 0.29) is 12.8 Å². The van der Waals surface area contributed by atoms with Gasteiger partial charge in [0.2, 0.25) is 0 Å². The second kappa shape index (κ2) is 11.0. The van der Waals surface area contributed by atoms with Crippen LogP contribution in [0.2, 0.25) is 0 Å². The molecule has 12 heteroatoms. The number of benzene rings is 1. The summed E-state index contributed by atoms with van der Waals surface area (Å²) in [4.78, 5) is 20.7. The predicted molar refractivity (Wildman–Crippen MR) is 146 cm³/mol. The van der Waals surface area contributed by atoms with Crippen LogP contribution >= 0.6 is 0 Å². The summed E-state index contributed by atoms with van der Waals surface area (Å²) in [6, 6.07) is 4.50. The third-order valence-electron chi connectivity index (χ3n) is 7.32. The number of amides is 1. The van der Waals surface area contributed by atoms with Crippen LogP contribution in [0.25, 0.3) is 17.1 Å². The first-order valence-corrected chi connectivity index (χ1v) is 13.4. The molecule has 0 spiro atoms. The zero-order chi connectivity index (χ0) is 28.6. The molecule has 2 bridgehead atoms. The van der Waals surface area contributed by atoms with Gasteiger partial charge in [0.05, 0.1) is 35.7 Å². The Morgan fingerprint density at radius 1 is 1.20 bits per heavy atom. The van der Waals surface area contributed by atoms with Crippen molar-refractivity contribution >= 4 is 11.9 Å². The third kappa shape index (κ3) is 5.58. The third-order valence-corrected chi connectivity index (χ3v) is 7.32. The molecule has 214 valence electrons. The van der Waals surface area contributed by atoms with E-state index in [1.807, 2.05) is 52.1 Å². The summed E-state index contributed by atoms with van der Waals surface area (Å²) in [5.74, 6) is 1.33. The number of carbonyl (C=O) groups excluding carboxylic acids is 1. The number of ether oxygens (including phenoxy) is 3. The molecule has 2 aliphatic heterocycles. The molecule has 3 aromatic rings. The van der Waals surface area contributed by atoms with E-state index in [1.165, 1.54) is 0 Å². The summed E-state index contributed by atoms with van der Waals surface area (Å²) in [6.07, 6.45) is 5.40. The number of methoxy groups -OCH3 is 1. The number of rotatable bonds is 7. The number of hydrogen-bond acceptors (Lipinski definition) is 9. The van der Waals surface area contributed by atoms with Crippen molar-refractivity contribution in [2.24, 2.45) is 0 Å². The highest BCUT2D eigenvalue weighted by Gasteiger charge is 2.52. The lowest BCUT2D eigenvalue weighted by Crippen LogP contribution is -2.59. The number of aryl methyl sites for hydroxylation is 1. The van der Waals surface area contributed by atoms with Gasteiger partial charge in [-0.05, 0) is 64.7 Å². The summed E-state index contributed by atoms with van der Waals surface area (Å²) >= 11 is 0. The number of carbonyl (C=O) groups is 1. The van der Waals surface area contributed by atoms with Crippen LogP contribution in [-0.4, -0.2) is 86.8 Å². The molecule has 0 saturated carbocycles. The second-order valence-corrected chi connectivity index (χ2v) is 11.4. The first kappa shape index (κ1) is 27.8. The average molecular weight is 554 g/mol. The number of fused-ring (bicyclic) bond motifs is 2. The fourth-order valence-corrected chi connectivity index (χ4v) is 5.45. The molecule has 2 aliphatic rings. The monoisotopic (exact) mass is 553 g/mol. The predicted octanol–water partition coefficient (Wildman–Crippen LogP) is 4.33. The Hall–Kier alpha value is -3.80. The highest BCUT2D eigenvalue weighted by Crippen LogP contribution is 2.41. The topological polar surface area (TPSA) is 108 Å². The zero-order valence-corrected chi connectivity index (χ0v) is 23.7. The lowest BCUT2D eigenvalue weighted by atomic mass is 9.94. The largest absolute Gasteiger partial charge is 0.467 e. The summed E-state index contributed by atoms with van der Waals surface area (Å²) in [6.45, 7) is 7.47. The Labute approximate surface area is 233 Å². The molecule has 4 atom stereocenters. The van der Waals surface area contributed by atoms with Gasteiger partial charge >= 0.3 is 6.09 Å². The maximum Gasteiger partial charge on any atom is 0.410 e. The highest BCUT2D eigenvalue weighted by atomic mass is 19.1. The van der Waals surface area contributed by atoms with Gasteiger partial charge in [0.15, 0.2) is 18.4 Å². The Balaban J connectivity index is 1.34. The van der Waals surface area contributed by atoms with Crippen molar-refractivity contribution in [3.8, 4) is 22.8 Å². The minimum absolute atomic E-state index is 0.0467. The molecule has 1 unspecified atom stereocenters. The van der Waals surface area contributed by atoms with Crippen LogP contribution in [0.4, 0.5) is 15.0 Å². The smallest absolute Gasteiger partial charge is 0.410 e. The molecule has 0 aliphatic carbocycles. The van der Waals surface area contributed by atoms with Crippen molar-refractivity contribution in [2.45, 2.75) is 76.9 Å². The number of halogens is 1. The van der Waals surface area contributed by atoms with E-state index in [1.54, 1.807) is 41.0 Å². The first-order chi connectivity index (χ1) is 19.1. The lowest BCUT2D eigenvalue weighted by Gasteiger charge is -2.44. The Morgan fingerprint density at radius 3 is 2.65 bits per heavy atom. The molecule has 0 N–H and O–H groups in total. The second-order valence-electron chi connectivity index (χ2n) is 11.4. The van der Waals surface area contributed by atoms with E-state index in [9.17, 15) is 4.79 Å². The minimum atomic E-state index is -1.26. The van der Waals surface area contributed by atoms with Gasteiger partial charge in [0.1, 0.15) is 17.5 Å². The number of piperidine rings is 1. The molecule has 2 aromatic heterocycles. The molecule has 1 amide bonds. The normalized spacial score (nSPS) is 22.3. The van der Waals surface area contributed by atoms with E-state index in [2.05, 4.69) is 20.3 Å². The Kier molecular flexibility index (Phi) is 7.63. The van der Waals surface area contributed by atoms with Gasteiger partial charge in [0, 0.05) is 32.5 Å². The molecule has 11 nitrogen and oxygen atoms in total. The molecule has 5 rings (SSSR count). The average Bonchev–Trinajstić information content (AvgIpc) is 3.51. The fourth-order valence-electron chi connectivity index (χ4n) is 5.45. The summed E-state index contributed by atoms with van der Waals surface area (Å²) in [7, 11) is 3.34. The summed E-state index contributed by atoms with van der Waals surface area (Å²) < 4.78 is 34.1. The maximum atomic E-state index is 15.8. The van der Waals surface area contributed by atoms with Gasteiger partial charge in [-0.15, -0.1) is 10.2 Å². The van der Waals surface area contributed by atoms with Gasteiger partial charge in [-0.3, -0.25) is 4.90 Å². The van der Waals surface area contributed by atoms with E-state index >= 15 is 4.39 Å². The molecule has 2 fully saturated rings. The number of nitrogens with zero attached hydrogens (tertiary/aromatic N) is 7. The Morgan fingerprint density at radius 2 is 2.00 bits per heavy atom. The summed E-state index contributed by atoms with van der Waals surface area (Å²) in [5.41, 5.74) is 1.85. The van der Waals surface area contributed by atoms with Crippen LogP contribution in [0, 0.1) is 6.92 Å². The van der Waals surface area contributed by atoms with Crippen molar-refractivity contribution < 1.29 is 23.4 Å². The number of alkyl halides is 1. The number of anilines is 1. The van der Waals surface area contributed by atoms with Gasteiger partial charge in [-0.1, -0.05) is 0 Å². The van der Waals surface area contributed by atoms with Crippen LogP contribution in [0.15, 0.2) is 36.8 Å². The molecular weight excluding hydrogens is 517 g/mol. The van der Waals surface area contributed by atoms with Gasteiger partial charge < -0.3 is 19.1 Å². The van der Waals surface area contributed by atoms with Gasteiger partial charge in [-0.2, -0.15) is 5.10 Å². The van der Waals surface area contributed by atoms with Crippen molar-refractivity contribution in [1.29, 1.82) is 0 Å². The first-order valence-electron chi connectivity index (χ1n) is 13.4. The van der Waals surface area contributed by atoms with Crippen molar-refractivity contribution in [3.05, 3.63) is 42.4 Å². The lowest BCUT2D eigenvalue weighted by molar-refractivity contribution is -0.0104. The quantitative estimate of drug-likeness (QED) is 0.395. The SMILES string of the molecule is COCOc1cc(-n2cc(C)cn2)ccc1-c1ncc(N(C)[C@@H]2CC3CC[C@@H]([C@@H]2F)N3C(=O)OC(C)(C)C)nn1. The molecule has 40 heavy (non-hydrogen) atoms. The van der Waals surface area contributed by atoms with E-state index in [4.69, 9.17) is 14.2 Å². The molecule has 2 saturated heterocycles. The van der Waals surface area contributed by atoms with Crippen LogP contribution in [0.1, 0.15) is 45.6 Å². The van der Waals surface area contributed by atoms with Crippen molar-refractivity contribution in [3.63, 3.8) is 0 Å². The van der Waals surface area contributed by atoms with Crippen LogP contribution < -0.4 is 9.64 Å². The van der Waals surface area contributed by atoms with Crippen molar-refractivity contribution in [1.82, 2.24) is 29.9 Å². The standard InChI is InChI=1S/C28H36FN7O4/c1-17-13-31-35(15-17)18-7-9-20(23(12-18)39-16-38-6)26-30-14-24(32-33-26)34(5)22-11-19-8-10-21(25(22)29)36(19)27(37)40-28(2,3)4/h7,9,12-15,19,21-22,25H,8,10-11,16H2,1-6H3/t19?,21-,22+,25-/m0/s1. The zero-order valence-electron chi connectivity index (χ0n) is 23.7. The van der Waals surface area contributed by atoms with Crippen molar-refractivity contribution in [2.75, 3.05) is 25.9 Å². The molecule has 0 radical (unpaired) electrons. The van der Waals surface area contributed by atoms with E-state index in [0.717, 1.165) is 17.7 Å². The fraction of sp³-hybridized carbons (Fsp3) is 0.536. The summed E-state index contributed by atoms with van der Waals surface area (Å²) in [5, 5.41) is 13.1. The Bertz CT molecular complexity index is 1340. The van der Waals surface area contributed by atoms with Gasteiger partial charge in [-0.25, -0.2) is 18.9 Å². The van der Waals surface area contributed by atoms with Crippen LogP contribution in [0.5, 0.6) is 5.75 Å². The van der Waals surface area contributed by atoms with E-state index < -0.39 is 29.9 Å². The maximum absolute atomic E-state index is 15.8. The number of aromatic nitrogens is 5. The highest BCUT2D eigenvalue weighted by molar-refractivity contribution is 5.70. The molecule has 1 aromatic carbocycles.